The average molecular weight is 360 g/mol. The predicted molar refractivity (Wildman–Crippen MR) is 37.0 cm³/mol. The Bertz CT molecular complexity index is 343. The summed E-state index contributed by atoms with van der Waals surface area (Å²) in [6.45, 7) is 0. The summed E-state index contributed by atoms with van der Waals surface area (Å²) >= 11 is 0. The third-order valence-electron chi connectivity index (χ3n) is 0. The van der Waals surface area contributed by atoms with Crippen LogP contribution in [-0.2, 0) is 31.2 Å². The minimum Gasteiger partial charge on any atom is -0.759 e. The van der Waals surface area contributed by atoms with Crippen LogP contribution >= 0.6 is 0 Å². The van der Waals surface area contributed by atoms with Crippen LogP contribution in [0.25, 0.3) is 0 Å². The molecule has 0 unspecified atom stereocenters. The van der Waals surface area contributed by atoms with Gasteiger partial charge in [0, 0.05) is 10.4 Å². The summed E-state index contributed by atoms with van der Waals surface area (Å²) in [7, 11) is -14.7. The zero-order chi connectivity index (χ0) is 13.5. The molecule has 0 amide bonds. The SMILES string of the molecule is O=S(=O)(O)O.O=S(=O)([O-])O.O=S(=O)([O-])[O-].[Na+].[Na+].[Na+]. The van der Waals surface area contributed by atoms with E-state index < -0.39 is 31.2 Å². The van der Waals surface area contributed by atoms with Gasteiger partial charge in [-0.25, -0.2) is 8.42 Å². The molecule has 0 saturated carbocycles. The molecule has 0 saturated heterocycles. The summed E-state index contributed by atoms with van der Waals surface area (Å²) in [5.41, 5.74) is 0. The first-order valence-electron chi connectivity index (χ1n) is 2.05. The Hall–Kier alpha value is 2.61. The molecule has 0 rings (SSSR count). The van der Waals surface area contributed by atoms with Gasteiger partial charge in [-0.2, -0.15) is 8.42 Å². The van der Waals surface area contributed by atoms with Gasteiger partial charge in [-0.3, -0.25) is 22.1 Å². The topological polar surface area (TPSA) is 232 Å². The second kappa shape index (κ2) is 16.0. The van der Waals surface area contributed by atoms with Gasteiger partial charge in [0.05, 0.1) is 0 Å². The van der Waals surface area contributed by atoms with Crippen LogP contribution in [0.3, 0.4) is 0 Å². The summed E-state index contributed by atoms with van der Waals surface area (Å²) < 4.78 is 98.5. The molecule has 18 heavy (non-hydrogen) atoms. The third kappa shape index (κ3) is 847. The Labute approximate surface area is 170 Å². The minimum absolute atomic E-state index is 0. The van der Waals surface area contributed by atoms with Crippen molar-refractivity contribution in [2.75, 3.05) is 0 Å². The van der Waals surface area contributed by atoms with Crippen molar-refractivity contribution in [3.8, 4) is 0 Å². The van der Waals surface area contributed by atoms with E-state index in [1.165, 1.54) is 0 Å². The quantitative estimate of drug-likeness (QED) is 0.207. The zero-order valence-electron chi connectivity index (χ0n) is 9.24. The summed E-state index contributed by atoms with van der Waals surface area (Å²) in [5, 5.41) is 0. The van der Waals surface area contributed by atoms with Crippen molar-refractivity contribution in [3.63, 3.8) is 0 Å². The molecule has 0 aliphatic rings. The smallest absolute Gasteiger partial charge is 0.759 e. The van der Waals surface area contributed by atoms with Crippen LogP contribution in [0.2, 0.25) is 0 Å². The molecule has 0 heterocycles. The first kappa shape index (κ1) is 37.1. The largest absolute Gasteiger partial charge is 1.00 e. The molecule has 0 fully saturated rings. The van der Waals surface area contributed by atoms with E-state index in [1.54, 1.807) is 0 Å². The van der Waals surface area contributed by atoms with E-state index >= 15 is 0 Å². The number of rotatable bonds is 0. The van der Waals surface area contributed by atoms with Crippen molar-refractivity contribution in [1.29, 1.82) is 0 Å². The van der Waals surface area contributed by atoms with Gasteiger partial charge in [-0.05, 0) is 0 Å². The van der Waals surface area contributed by atoms with Crippen LogP contribution in [-0.4, -0.2) is 52.6 Å². The molecule has 0 aliphatic carbocycles. The molecule has 0 radical (unpaired) electrons. The Balaban J connectivity index is -0.0000000277. The van der Waals surface area contributed by atoms with Crippen LogP contribution in [0.4, 0.5) is 0 Å². The van der Waals surface area contributed by atoms with Crippen LogP contribution in [0.15, 0.2) is 0 Å². The standard InChI is InChI=1S/3Na.3H2O4S/c;;;3*1-5(2,3)4/h;;;3*(H2,1,2,3,4)/q3*+1;;;/p-3. The molecular weight excluding hydrogens is 357 g/mol. The maximum Gasteiger partial charge on any atom is 1.00 e. The molecule has 0 bridgehead atoms. The van der Waals surface area contributed by atoms with Gasteiger partial charge in [-0.1, -0.05) is 0 Å². The molecule has 0 aromatic heterocycles. The number of hydrogen-bond donors (Lipinski definition) is 3. The van der Waals surface area contributed by atoms with E-state index in [1.807, 2.05) is 0 Å². The van der Waals surface area contributed by atoms with Crippen molar-refractivity contribution in [3.05, 3.63) is 0 Å². The fraction of sp³-hybridized carbons (Fsp3) is 0. The Kier molecular flexibility index (Phi) is 33.0. The summed E-state index contributed by atoms with van der Waals surface area (Å²) in [6.07, 6.45) is 0. The maximum atomic E-state index is 8.74. The second-order valence-corrected chi connectivity index (χ2v) is 3.85. The molecule has 12 nitrogen and oxygen atoms in total. The van der Waals surface area contributed by atoms with Gasteiger partial charge in [0.15, 0.2) is 0 Å². The van der Waals surface area contributed by atoms with Crippen molar-refractivity contribution in [2.45, 2.75) is 0 Å². The van der Waals surface area contributed by atoms with E-state index in [0.29, 0.717) is 0 Å². The van der Waals surface area contributed by atoms with E-state index in [-0.39, 0.29) is 88.7 Å². The van der Waals surface area contributed by atoms with Gasteiger partial charge < -0.3 is 13.7 Å². The second-order valence-electron chi connectivity index (χ2n) is 1.28. The first-order valence-corrected chi connectivity index (χ1v) is 6.14. The fourth-order valence-electron chi connectivity index (χ4n) is 0. The molecular formula is H3Na3O12S3. The monoisotopic (exact) mass is 360 g/mol. The van der Waals surface area contributed by atoms with Crippen LogP contribution in [0, 0.1) is 0 Å². The number of hydrogen-bond acceptors (Lipinski definition) is 9. The van der Waals surface area contributed by atoms with E-state index in [0.717, 1.165) is 0 Å². The van der Waals surface area contributed by atoms with Crippen molar-refractivity contribution >= 4 is 31.2 Å². The molecule has 18 heteroatoms. The molecule has 0 spiro atoms. The maximum absolute atomic E-state index is 8.74. The van der Waals surface area contributed by atoms with Gasteiger partial charge in [0.1, 0.15) is 0 Å². The summed E-state index contributed by atoms with van der Waals surface area (Å²) in [4.78, 5) is 0. The molecule has 3 N–H and O–H groups in total. The molecule has 0 aromatic rings. The Morgan fingerprint density at radius 3 is 0.611 bits per heavy atom. The van der Waals surface area contributed by atoms with E-state index in [2.05, 4.69) is 0 Å². The molecule has 0 atom stereocenters. The zero-order valence-corrected chi connectivity index (χ0v) is 17.7. The van der Waals surface area contributed by atoms with Crippen LogP contribution in [0.5, 0.6) is 0 Å². The summed E-state index contributed by atoms with van der Waals surface area (Å²) in [5.74, 6) is 0. The first-order chi connectivity index (χ1) is 6.00. The molecule has 0 aromatic carbocycles. The van der Waals surface area contributed by atoms with Gasteiger partial charge >= 0.3 is 99.1 Å². The van der Waals surface area contributed by atoms with Gasteiger partial charge in [0.2, 0.25) is 10.4 Å². The van der Waals surface area contributed by atoms with E-state index in [4.69, 9.17) is 52.6 Å². The van der Waals surface area contributed by atoms with Crippen molar-refractivity contribution in [2.24, 2.45) is 0 Å². The summed E-state index contributed by atoms with van der Waals surface area (Å²) in [6, 6.07) is 0. The van der Waals surface area contributed by atoms with Crippen molar-refractivity contribution < 1.29 is 141 Å². The fourth-order valence-corrected chi connectivity index (χ4v) is 0. The predicted octanol–water partition coefficient (Wildman–Crippen LogP) is -12.0. The minimum atomic E-state index is -5.17. The third-order valence-corrected chi connectivity index (χ3v) is 0. The van der Waals surface area contributed by atoms with Crippen molar-refractivity contribution in [1.82, 2.24) is 0 Å². The van der Waals surface area contributed by atoms with Crippen LogP contribution < -0.4 is 88.7 Å². The average Bonchev–Trinajstić information content (AvgIpc) is 1.41. The molecule has 96 valence electrons. The molecule has 0 aliphatic heterocycles. The van der Waals surface area contributed by atoms with Gasteiger partial charge in [0.25, 0.3) is 0 Å². The van der Waals surface area contributed by atoms with E-state index in [9.17, 15) is 0 Å². The normalized spacial score (nSPS) is 9.67. The van der Waals surface area contributed by atoms with Crippen LogP contribution in [0.1, 0.15) is 0 Å². The van der Waals surface area contributed by atoms with Gasteiger partial charge in [-0.15, -0.1) is 0 Å². The Morgan fingerprint density at radius 2 is 0.611 bits per heavy atom. The Morgan fingerprint density at radius 1 is 0.611 bits per heavy atom.